The second-order valence-corrected chi connectivity index (χ2v) is 7.57. The molecule has 1 aliphatic heterocycles. The second-order valence-electron chi connectivity index (χ2n) is 7.57. The average Bonchev–Trinajstić information content (AvgIpc) is 3.38. The van der Waals surface area contributed by atoms with Gasteiger partial charge in [-0.3, -0.25) is 19.7 Å². The first kappa shape index (κ1) is 22.8. The molecule has 0 radical (unpaired) electrons. The quantitative estimate of drug-likeness (QED) is 0.405. The predicted octanol–water partition coefficient (Wildman–Crippen LogP) is 2.40. The maximum atomic E-state index is 13.0. The average molecular weight is 465 g/mol. The monoisotopic (exact) mass is 465 g/mol. The van der Waals surface area contributed by atoms with E-state index in [2.05, 4.69) is 5.10 Å². The molecule has 2 amide bonds. The van der Waals surface area contributed by atoms with Crippen molar-refractivity contribution in [3.63, 3.8) is 0 Å². The van der Waals surface area contributed by atoms with E-state index in [0.717, 1.165) is 0 Å². The van der Waals surface area contributed by atoms with Gasteiger partial charge >= 0.3 is 0 Å². The number of benzene rings is 2. The number of hydrogen-bond donors (Lipinski definition) is 0. The summed E-state index contributed by atoms with van der Waals surface area (Å²) < 4.78 is 11.9. The minimum atomic E-state index is -0.485. The lowest BCUT2D eigenvalue weighted by atomic mass is 10.1. The molecule has 0 aliphatic carbocycles. The van der Waals surface area contributed by atoms with Gasteiger partial charge in [-0.15, -0.1) is 0 Å². The Hall–Kier alpha value is -4.41. The Bertz CT molecular complexity index is 1230. The third-order valence-electron chi connectivity index (χ3n) is 5.61. The summed E-state index contributed by atoms with van der Waals surface area (Å²) in [4.78, 5) is 39.8. The van der Waals surface area contributed by atoms with Gasteiger partial charge in [0.15, 0.2) is 5.69 Å². The molecule has 0 unspecified atom stereocenters. The first-order valence-electron chi connectivity index (χ1n) is 10.5. The van der Waals surface area contributed by atoms with Crippen molar-refractivity contribution in [3.05, 3.63) is 76.1 Å². The first-order chi connectivity index (χ1) is 16.4. The molecular formula is C23H23N5O6. The molecule has 1 saturated heterocycles. The van der Waals surface area contributed by atoms with Gasteiger partial charge in [0.05, 0.1) is 30.4 Å². The molecule has 0 saturated carbocycles. The molecule has 0 bridgehead atoms. The van der Waals surface area contributed by atoms with Crippen molar-refractivity contribution in [3.8, 4) is 17.2 Å². The van der Waals surface area contributed by atoms with Crippen LogP contribution in [-0.4, -0.2) is 76.7 Å². The minimum absolute atomic E-state index is 0.0600. The zero-order chi connectivity index (χ0) is 24.2. The van der Waals surface area contributed by atoms with Crippen LogP contribution in [-0.2, 0) is 0 Å². The molecule has 176 valence electrons. The Labute approximate surface area is 195 Å². The van der Waals surface area contributed by atoms with E-state index in [1.165, 1.54) is 23.9 Å². The molecule has 11 nitrogen and oxygen atoms in total. The fourth-order valence-corrected chi connectivity index (χ4v) is 3.75. The molecule has 0 spiro atoms. The van der Waals surface area contributed by atoms with Crippen LogP contribution in [0.15, 0.2) is 54.7 Å². The SMILES string of the molecule is COc1ccc(C(=O)N2CCN(C(=O)c3ccn(-c4cccc([N+](=O)[O-])c4)n3)CC2)c(OC)c1. The van der Waals surface area contributed by atoms with Gasteiger partial charge in [0.1, 0.15) is 11.5 Å². The lowest BCUT2D eigenvalue weighted by molar-refractivity contribution is -0.384. The van der Waals surface area contributed by atoms with Crippen molar-refractivity contribution in [2.75, 3.05) is 40.4 Å². The molecule has 3 aromatic rings. The number of aromatic nitrogens is 2. The Morgan fingerprint density at radius 3 is 2.29 bits per heavy atom. The standard InChI is InChI=1S/C23H23N5O6/c1-33-18-6-7-19(21(15-18)34-2)22(29)25-10-12-26(13-11-25)23(30)20-8-9-27(24-20)16-4-3-5-17(14-16)28(31)32/h3-9,14-15H,10-13H2,1-2H3. The summed E-state index contributed by atoms with van der Waals surface area (Å²) in [5.41, 5.74) is 1.08. The normalized spacial score (nSPS) is 13.5. The Kier molecular flexibility index (Phi) is 6.44. The van der Waals surface area contributed by atoms with Crippen LogP contribution in [0.5, 0.6) is 11.5 Å². The van der Waals surface area contributed by atoms with E-state index in [4.69, 9.17) is 9.47 Å². The van der Waals surface area contributed by atoms with Gasteiger partial charge in [-0.2, -0.15) is 5.10 Å². The second kappa shape index (κ2) is 9.61. The molecule has 11 heteroatoms. The molecule has 0 N–H and O–H groups in total. The van der Waals surface area contributed by atoms with Crippen LogP contribution in [0.2, 0.25) is 0 Å². The number of non-ortho nitro benzene ring substituents is 1. The van der Waals surface area contributed by atoms with Gasteiger partial charge < -0.3 is 19.3 Å². The number of piperazine rings is 1. The molecule has 2 heterocycles. The summed E-state index contributed by atoms with van der Waals surface area (Å²) in [5.74, 6) is 0.572. The summed E-state index contributed by atoms with van der Waals surface area (Å²) in [7, 11) is 3.04. The topological polar surface area (TPSA) is 120 Å². The lowest BCUT2D eigenvalue weighted by Crippen LogP contribution is -2.50. The highest BCUT2D eigenvalue weighted by molar-refractivity contribution is 5.97. The number of nitro groups is 1. The summed E-state index contributed by atoms with van der Waals surface area (Å²) in [6.07, 6.45) is 1.59. The molecule has 4 rings (SSSR count). The van der Waals surface area contributed by atoms with E-state index >= 15 is 0 Å². The van der Waals surface area contributed by atoms with Crippen molar-refractivity contribution in [1.29, 1.82) is 0 Å². The van der Waals surface area contributed by atoms with Crippen molar-refractivity contribution >= 4 is 17.5 Å². The maximum absolute atomic E-state index is 13.0. The van der Waals surface area contributed by atoms with E-state index in [9.17, 15) is 19.7 Å². The Balaban J connectivity index is 1.41. The van der Waals surface area contributed by atoms with Crippen LogP contribution in [0.1, 0.15) is 20.8 Å². The Morgan fingerprint density at radius 2 is 1.65 bits per heavy atom. The maximum Gasteiger partial charge on any atom is 0.274 e. The molecule has 1 fully saturated rings. The number of amides is 2. The van der Waals surface area contributed by atoms with Crippen LogP contribution in [0, 0.1) is 10.1 Å². The van der Waals surface area contributed by atoms with E-state index in [1.807, 2.05) is 0 Å². The number of carbonyl (C=O) groups excluding carboxylic acids is 2. The summed E-state index contributed by atoms with van der Waals surface area (Å²) in [5, 5.41) is 15.3. The third kappa shape index (κ3) is 4.53. The third-order valence-corrected chi connectivity index (χ3v) is 5.61. The number of nitrogens with zero attached hydrogens (tertiary/aromatic N) is 5. The minimum Gasteiger partial charge on any atom is -0.497 e. The number of rotatable bonds is 6. The molecular weight excluding hydrogens is 442 g/mol. The number of ether oxygens (including phenoxy) is 2. The van der Waals surface area contributed by atoms with Crippen molar-refractivity contribution in [2.24, 2.45) is 0 Å². The number of carbonyl (C=O) groups is 2. The Morgan fingerprint density at radius 1 is 0.941 bits per heavy atom. The largest absolute Gasteiger partial charge is 0.497 e. The number of methoxy groups -OCH3 is 2. The molecule has 34 heavy (non-hydrogen) atoms. The van der Waals surface area contributed by atoms with Crippen molar-refractivity contribution in [1.82, 2.24) is 19.6 Å². The fraction of sp³-hybridized carbons (Fsp3) is 0.261. The van der Waals surface area contributed by atoms with Gasteiger partial charge in [-0.1, -0.05) is 6.07 Å². The van der Waals surface area contributed by atoms with Crippen molar-refractivity contribution in [2.45, 2.75) is 0 Å². The van der Waals surface area contributed by atoms with Crippen molar-refractivity contribution < 1.29 is 24.0 Å². The van der Waals surface area contributed by atoms with Gasteiger partial charge in [-0.05, 0) is 24.3 Å². The highest BCUT2D eigenvalue weighted by Crippen LogP contribution is 2.26. The van der Waals surface area contributed by atoms with Gasteiger partial charge in [0.2, 0.25) is 0 Å². The van der Waals surface area contributed by atoms with Gasteiger partial charge in [0, 0.05) is 50.6 Å². The highest BCUT2D eigenvalue weighted by Gasteiger charge is 2.28. The zero-order valence-electron chi connectivity index (χ0n) is 18.7. The first-order valence-corrected chi connectivity index (χ1v) is 10.5. The van der Waals surface area contributed by atoms with Crippen LogP contribution < -0.4 is 9.47 Å². The lowest BCUT2D eigenvalue weighted by Gasteiger charge is -2.34. The van der Waals surface area contributed by atoms with E-state index in [0.29, 0.717) is 48.9 Å². The predicted molar refractivity (Wildman–Crippen MR) is 122 cm³/mol. The molecule has 2 aromatic carbocycles. The van der Waals surface area contributed by atoms with E-state index < -0.39 is 4.92 Å². The van der Waals surface area contributed by atoms with Crippen LogP contribution in [0.25, 0.3) is 5.69 Å². The van der Waals surface area contributed by atoms with Gasteiger partial charge in [-0.25, -0.2) is 4.68 Å². The smallest absolute Gasteiger partial charge is 0.274 e. The number of hydrogen-bond acceptors (Lipinski definition) is 7. The number of nitro benzene ring substituents is 1. The molecule has 1 aliphatic rings. The van der Waals surface area contributed by atoms with E-state index in [1.54, 1.807) is 59.5 Å². The highest BCUT2D eigenvalue weighted by atomic mass is 16.6. The van der Waals surface area contributed by atoms with Gasteiger partial charge in [0.25, 0.3) is 17.5 Å². The van der Waals surface area contributed by atoms with Crippen LogP contribution in [0.4, 0.5) is 5.69 Å². The van der Waals surface area contributed by atoms with Crippen LogP contribution >= 0.6 is 0 Å². The van der Waals surface area contributed by atoms with Crippen LogP contribution in [0.3, 0.4) is 0 Å². The summed E-state index contributed by atoms with van der Waals surface area (Å²) >= 11 is 0. The fourth-order valence-electron chi connectivity index (χ4n) is 3.75. The molecule has 1 aromatic heterocycles. The summed E-state index contributed by atoms with van der Waals surface area (Å²) in [6.45, 7) is 1.44. The van der Waals surface area contributed by atoms with E-state index in [-0.39, 0.29) is 23.2 Å². The zero-order valence-corrected chi connectivity index (χ0v) is 18.7. The molecule has 0 atom stereocenters. The summed E-state index contributed by atoms with van der Waals surface area (Å²) in [6, 6.07) is 12.6.